The Morgan fingerprint density at radius 3 is 2.58 bits per heavy atom. The van der Waals surface area contributed by atoms with E-state index >= 15 is 0 Å². The van der Waals surface area contributed by atoms with Crippen LogP contribution in [0.1, 0.15) is 38.1 Å². The van der Waals surface area contributed by atoms with Crippen molar-refractivity contribution in [1.29, 1.82) is 0 Å². The van der Waals surface area contributed by atoms with Crippen molar-refractivity contribution in [1.82, 2.24) is 9.97 Å². The SMILES string of the molecule is Cc1ncc(NCC(CC(=O)O)CC(C)C)nc1C. The first kappa shape index (κ1) is 15.4. The van der Waals surface area contributed by atoms with Crippen molar-refractivity contribution in [2.45, 2.75) is 40.5 Å². The van der Waals surface area contributed by atoms with E-state index in [0.717, 1.165) is 17.8 Å². The number of rotatable bonds is 7. The summed E-state index contributed by atoms with van der Waals surface area (Å²) in [5.74, 6) is 0.554. The molecule has 1 aromatic heterocycles. The molecule has 0 aliphatic rings. The first-order valence-corrected chi connectivity index (χ1v) is 6.64. The number of carboxylic acid groups (broad SMARTS) is 1. The molecule has 0 spiro atoms. The van der Waals surface area contributed by atoms with Gasteiger partial charge in [-0.15, -0.1) is 0 Å². The second kappa shape index (κ2) is 7.07. The summed E-state index contributed by atoms with van der Waals surface area (Å²) in [7, 11) is 0. The number of aryl methyl sites for hydroxylation is 2. The molecule has 5 heteroatoms. The van der Waals surface area contributed by atoms with E-state index in [1.54, 1.807) is 6.20 Å². The molecule has 1 rings (SSSR count). The molecule has 19 heavy (non-hydrogen) atoms. The maximum atomic E-state index is 10.8. The third kappa shape index (κ3) is 5.68. The molecule has 5 nitrogen and oxygen atoms in total. The highest BCUT2D eigenvalue weighted by atomic mass is 16.4. The van der Waals surface area contributed by atoms with Crippen LogP contribution >= 0.6 is 0 Å². The third-order valence-electron chi connectivity index (χ3n) is 3.03. The molecule has 0 radical (unpaired) electrons. The van der Waals surface area contributed by atoms with Crippen molar-refractivity contribution >= 4 is 11.8 Å². The van der Waals surface area contributed by atoms with E-state index in [2.05, 4.69) is 29.1 Å². The van der Waals surface area contributed by atoms with Gasteiger partial charge in [-0.3, -0.25) is 9.78 Å². The second-order valence-corrected chi connectivity index (χ2v) is 5.40. The molecule has 0 aliphatic carbocycles. The average molecular weight is 265 g/mol. The number of carbonyl (C=O) groups is 1. The lowest BCUT2D eigenvalue weighted by molar-refractivity contribution is -0.138. The first-order valence-electron chi connectivity index (χ1n) is 6.64. The molecule has 0 fully saturated rings. The fourth-order valence-electron chi connectivity index (χ4n) is 2.03. The van der Waals surface area contributed by atoms with Gasteiger partial charge >= 0.3 is 5.97 Å². The van der Waals surface area contributed by atoms with Gasteiger partial charge in [0.15, 0.2) is 0 Å². The van der Waals surface area contributed by atoms with Crippen molar-refractivity contribution in [3.05, 3.63) is 17.6 Å². The Kier molecular flexibility index (Phi) is 5.73. The molecule has 0 saturated heterocycles. The van der Waals surface area contributed by atoms with Gasteiger partial charge in [0, 0.05) is 13.0 Å². The number of hydrogen-bond donors (Lipinski definition) is 2. The zero-order valence-corrected chi connectivity index (χ0v) is 12.1. The summed E-state index contributed by atoms with van der Waals surface area (Å²) < 4.78 is 0. The summed E-state index contributed by atoms with van der Waals surface area (Å²) in [6, 6.07) is 0. The normalized spacial score (nSPS) is 12.5. The van der Waals surface area contributed by atoms with Crippen molar-refractivity contribution in [3.63, 3.8) is 0 Å². The molecule has 106 valence electrons. The lowest BCUT2D eigenvalue weighted by Crippen LogP contribution is -2.20. The van der Waals surface area contributed by atoms with E-state index in [4.69, 9.17) is 5.11 Å². The Bertz CT molecular complexity index is 433. The van der Waals surface area contributed by atoms with E-state index < -0.39 is 5.97 Å². The molecule has 2 N–H and O–H groups in total. The van der Waals surface area contributed by atoms with Gasteiger partial charge in [0.05, 0.1) is 17.6 Å². The smallest absolute Gasteiger partial charge is 0.303 e. The highest BCUT2D eigenvalue weighted by Gasteiger charge is 2.15. The van der Waals surface area contributed by atoms with Crippen LogP contribution in [0.4, 0.5) is 5.82 Å². The molecule has 1 aromatic rings. The van der Waals surface area contributed by atoms with Gasteiger partial charge in [-0.25, -0.2) is 4.98 Å². The van der Waals surface area contributed by atoms with Gasteiger partial charge < -0.3 is 10.4 Å². The zero-order valence-electron chi connectivity index (χ0n) is 12.1. The van der Waals surface area contributed by atoms with Crippen LogP contribution in [0.25, 0.3) is 0 Å². The van der Waals surface area contributed by atoms with E-state index in [1.165, 1.54) is 0 Å². The molecule has 0 aliphatic heterocycles. The van der Waals surface area contributed by atoms with Crippen LogP contribution in [0, 0.1) is 25.7 Å². The monoisotopic (exact) mass is 265 g/mol. The fraction of sp³-hybridized carbons (Fsp3) is 0.643. The summed E-state index contributed by atoms with van der Waals surface area (Å²) in [4.78, 5) is 19.5. The third-order valence-corrected chi connectivity index (χ3v) is 3.03. The van der Waals surface area contributed by atoms with Crippen LogP contribution in [-0.2, 0) is 4.79 Å². The largest absolute Gasteiger partial charge is 0.481 e. The van der Waals surface area contributed by atoms with Gasteiger partial charge in [0.1, 0.15) is 5.82 Å². The molecular weight excluding hydrogens is 242 g/mol. The molecule has 0 aromatic carbocycles. The number of hydrogen-bond acceptors (Lipinski definition) is 4. The van der Waals surface area contributed by atoms with E-state index in [-0.39, 0.29) is 12.3 Å². The Morgan fingerprint density at radius 1 is 1.37 bits per heavy atom. The van der Waals surface area contributed by atoms with E-state index in [9.17, 15) is 4.79 Å². The van der Waals surface area contributed by atoms with E-state index in [1.807, 2.05) is 13.8 Å². The van der Waals surface area contributed by atoms with Gasteiger partial charge in [-0.2, -0.15) is 0 Å². The number of nitrogens with one attached hydrogen (secondary N) is 1. The molecule has 0 bridgehead atoms. The Hall–Kier alpha value is -1.65. The molecule has 0 amide bonds. The molecule has 1 heterocycles. The van der Waals surface area contributed by atoms with Crippen LogP contribution in [0.5, 0.6) is 0 Å². The molecular formula is C14H23N3O2. The highest BCUT2D eigenvalue weighted by molar-refractivity contribution is 5.67. The van der Waals surface area contributed by atoms with E-state index in [0.29, 0.717) is 18.3 Å². The van der Waals surface area contributed by atoms with Gasteiger partial charge in [0.2, 0.25) is 0 Å². The Labute approximate surface area is 114 Å². The second-order valence-electron chi connectivity index (χ2n) is 5.40. The quantitative estimate of drug-likeness (QED) is 0.792. The lowest BCUT2D eigenvalue weighted by Gasteiger charge is -2.18. The number of anilines is 1. The number of carboxylic acids is 1. The lowest BCUT2D eigenvalue weighted by atomic mass is 9.94. The van der Waals surface area contributed by atoms with Crippen molar-refractivity contribution in [3.8, 4) is 0 Å². The van der Waals surface area contributed by atoms with Crippen LogP contribution in [0.15, 0.2) is 6.20 Å². The minimum Gasteiger partial charge on any atom is -0.481 e. The van der Waals surface area contributed by atoms with Gasteiger partial charge in [-0.05, 0) is 32.1 Å². The number of aliphatic carboxylic acids is 1. The fourth-order valence-corrected chi connectivity index (χ4v) is 2.03. The summed E-state index contributed by atoms with van der Waals surface area (Å²) in [6.45, 7) is 8.64. The highest BCUT2D eigenvalue weighted by Crippen LogP contribution is 2.16. The predicted octanol–water partition coefficient (Wildman–Crippen LogP) is 2.64. The van der Waals surface area contributed by atoms with Crippen molar-refractivity contribution in [2.24, 2.45) is 11.8 Å². The zero-order chi connectivity index (χ0) is 14.4. The number of aromatic nitrogens is 2. The Balaban J connectivity index is 2.59. The minimum absolute atomic E-state index is 0.112. The van der Waals surface area contributed by atoms with Gasteiger partial charge in [0.25, 0.3) is 0 Å². The van der Waals surface area contributed by atoms with Gasteiger partial charge in [-0.1, -0.05) is 13.8 Å². The average Bonchev–Trinajstić information content (AvgIpc) is 2.29. The maximum Gasteiger partial charge on any atom is 0.303 e. The minimum atomic E-state index is -0.751. The standard InChI is InChI=1S/C14H23N3O2/c1-9(2)5-12(6-14(18)19)7-16-13-8-15-10(3)11(4)17-13/h8-9,12H,5-7H2,1-4H3,(H,16,17)(H,18,19). The Morgan fingerprint density at radius 2 is 2.05 bits per heavy atom. The van der Waals surface area contributed by atoms with Crippen LogP contribution in [0.3, 0.4) is 0 Å². The van der Waals surface area contributed by atoms with Crippen molar-refractivity contribution in [2.75, 3.05) is 11.9 Å². The van der Waals surface area contributed by atoms with Crippen LogP contribution in [0.2, 0.25) is 0 Å². The van der Waals surface area contributed by atoms with Crippen LogP contribution in [-0.4, -0.2) is 27.6 Å². The summed E-state index contributed by atoms with van der Waals surface area (Å²) in [5.41, 5.74) is 1.80. The molecule has 1 atom stereocenters. The van der Waals surface area contributed by atoms with Crippen molar-refractivity contribution < 1.29 is 9.90 Å². The topological polar surface area (TPSA) is 75.1 Å². The van der Waals surface area contributed by atoms with Crippen LogP contribution < -0.4 is 5.32 Å². The first-order chi connectivity index (χ1) is 8.88. The number of nitrogens with zero attached hydrogens (tertiary/aromatic N) is 2. The molecule has 0 saturated carbocycles. The maximum absolute atomic E-state index is 10.8. The summed E-state index contributed by atoms with van der Waals surface area (Å²) >= 11 is 0. The summed E-state index contributed by atoms with van der Waals surface area (Å²) in [6.07, 6.45) is 2.76. The predicted molar refractivity (Wildman–Crippen MR) is 75.2 cm³/mol. The summed E-state index contributed by atoms with van der Waals surface area (Å²) in [5, 5.41) is 12.1. The molecule has 1 unspecified atom stereocenters.